The minimum atomic E-state index is -0.107. The van der Waals surface area contributed by atoms with Gasteiger partial charge < -0.3 is 5.73 Å². The summed E-state index contributed by atoms with van der Waals surface area (Å²) in [7, 11) is 0. The highest BCUT2D eigenvalue weighted by molar-refractivity contribution is 6.30. The highest BCUT2D eigenvalue weighted by Gasteiger charge is 2.36. The van der Waals surface area contributed by atoms with Crippen LogP contribution in [0.4, 0.5) is 0 Å². The maximum atomic E-state index is 6.37. The van der Waals surface area contributed by atoms with Gasteiger partial charge in [0.15, 0.2) is 0 Å². The van der Waals surface area contributed by atoms with Gasteiger partial charge in [0.05, 0.1) is 0 Å². The average Bonchev–Trinajstić information content (AvgIpc) is 2.13. The number of halogens is 1. The number of nitrogens with two attached hydrogens (primary N) is 1. The predicted octanol–water partition coefficient (Wildman–Crippen LogP) is 3.80. The molecule has 1 nitrogen and oxygen atoms in total. The van der Waals surface area contributed by atoms with Gasteiger partial charge in [-0.3, -0.25) is 0 Å². The van der Waals surface area contributed by atoms with Crippen molar-refractivity contribution < 1.29 is 0 Å². The van der Waals surface area contributed by atoms with Crippen LogP contribution in [0.3, 0.4) is 0 Å². The van der Waals surface area contributed by atoms with Gasteiger partial charge in [0.25, 0.3) is 0 Å². The van der Waals surface area contributed by atoms with Crippen molar-refractivity contribution in [2.24, 2.45) is 5.73 Å². The molecule has 0 heterocycles. The zero-order valence-corrected chi connectivity index (χ0v) is 10.1. The molecule has 1 aliphatic carbocycles. The Morgan fingerprint density at radius 2 is 2.00 bits per heavy atom. The first kappa shape index (κ1) is 11.0. The molecule has 0 bridgehead atoms. The van der Waals surface area contributed by atoms with Crippen LogP contribution >= 0.6 is 11.6 Å². The summed E-state index contributed by atoms with van der Waals surface area (Å²) in [4.78, 5) is 0. The molecule has 0 aromatic heterocycles. The van der Waals surface area contributed by atoms with Crippen LogP contribution in [0.5, 0.6) is 0 Å². The fourth-order valence-corrected chi connectivity index (χ4v) is 2.46. The fourth-order valence-electron chi connectivity index (χ4n) is 2.29. The first-order chi connectivity index (χ1) is 7.03. The van der Waals surface area contributed by atoms with Crippen LogP contribution in [0.2, 0.25) is 5.02 Å². The molecule has 2 N–H and O–H groups in total. The standard InChI is InChI=1S/C13H18ClN/c1-9(2)11-5-4-10(14)8-12(11)13(15)6-3-7-13/h4-5,8-9H,3,6-7,15H2,1-2H3. The first-order valence-electron chi connectivity index (χ1n) is 5.62. The van der Waals surface area contributed by atoms with E-state index in [4.69, 9.17) is 17.3 Å². The summed E-state index contributed by atoms with van der Waals surface area (Å²) in [5.74, 6) is 0.512. The monoisotopic (exact) mass is 223 g/mol. The van der Waals surface area contributed by atoms with Gasteiger partial charge in [-0.05, 0) is 48.4 Å². The van der Waals surface area contributed by atoms with Crippen molar-refractivity contribution >= 4 is 11.6 Å². The molecule has 0 saturated heterocycles. The van der Waals surface area contributed by atoms with E-state index in [9.17, 15) is 0 Å². The molecule has 1 aromatic carbocycles. The molecule has 0 spiro atoms. The molecule has 0 aliphatic heterocycles. The second kappa shape index (κ2) is 3.80. The third-order valence-corrected chi connectivity index (χ3v) is 3.65. The van der Waals surface area contributed by atoms with Crippen molar-refractivity contribution in [2.45, 2.75) is 44.6 Å². The zero-order chi connectivity index (χ0) is 11.1. The number of hydrogen-bond acceptors (Lipinski definition) is 1. The van der Waals surface area contributed by atoms with Crippen molar-refractivity contribution in [3.63, 3.8) is 0 Å². The van der Waals surface area contributed by atoms with E-state index in [-0.39, 0.29) is 5.54 Å². The summed E-state index contributed by atoms with van der Waals surface area (Å²) in [5, 5.41) is 0.797. The largest absolute Gasteiger partial charge is 0.321 e. The lowest BCUT2D eigenvalue weighted by Gasteiger charge is -2.40. The predicted molar refractivity (Wildman–Crippen MR) is 65.3 cm³/mol. The van der Waals surface area contributed by atoms with Crippen molar-refractivity contribution in [1.82, 2.24) is 0 Å². The van der Waals surface area contributed by atoms with Crippen LogP contribution in [-0.4, -0.2) is 0 Å². The summed E-state index contributed by atoms with van der Waals surface area (Å²) in [6.07, 6.45) is 3.42. The quantitative estimate of drug-likeness (QED) is 0.811. The molecule has 82 valence electrons. The molecule has 0 atom stereocenters. The summed E-state index contributed by atoms with van der Waals surface area (Å²) in [5.41, 5.74) is 8.88. The minimum absolute atomic E-state index is 0.107. The van der Waals surface area contributed by atoms with Crippen LogP contribution < -0.4 is 5.73 Å². The van der Waals surface area contributed by atoms with Gasteiger partial charge in [0, 0.05) is 10.6 Å². The molecule has 1 aromatic rings. The molecular weight excluding hydrogens is 206 g/mol. The van der Waals surface area contributed by atoms with E-state index in [1.54, 1.807) is 0 Å². The van der Waals surface area contributed by atoms with Crippen molar-refractivity contribution in [3.05, 3.63) is 34.3 Å². The van der Waals surface area contributed by atoms with Gasteiger partial charge in [-0.2, -0.15) is 0 Å². The Hall–Kier alpha value is -0.530. The smallest absolute Gasteiger partial charge is 0.0413 e. The van der Waals surface area contributed by atoms with Gasteiger partial charge in [-0.15, -0.1) is 0 Å². The van der Waals surface area contributed by atoms with E-state index >= 15 is 0 Å². The summed E-state index contributed by atoms with van der Waals surface area (Å²) < 4.78 is 0. The van der Waals surface area contributed by atoms with Gasteiger partial charge in [0.1, 0.15) is 0 Å². The molecule has 1 fully saturated rings. The number of hydrogen-bond donors (Lipinski definition) is 1. The molecule has 2 heteroatoms. The lowest BCUT2D eigenvalue weighted by Crippen LogP contribution is -2.44. The lowest BCUT2D eigenvalue weighted by atomic mass is 9.70. The van der Waals surface area contributed by atoms with E-state index in [1.165, 1.54) is 17.5 Å². The maximum absolute atomic E-state index is 6.37. The minimum Gasteiger partial charge on any atom is -0.321 e. The third kappa shape index (κ3) is 1.91. The molecule has 2 rings (SSSR count). The Labute approximate surface area is 96.6 Å². The lowest BCUT2D eigenvalue weighted by molar-refractivity contribution is 0.251. The molecule has 15 heavy (non-hydrogen) atoms. The van der Waals surface area contributed by atoms with Gasteiger partial charge in [-0.1, -0.05) is 31.5 Å². The van der Waals surface area contributed by atoms with Crippen LogP contribution in [0.15, 0.2) is 18.2 Å². The van der Waals surface area contributed by atoms with Crippen LogP contribution in [0.1, 0.15) is 50.2 Å². The van der Waals surface area contributed by atoms with Crippen LogP contribution in [0.25, 0.3) is 0 Å². The van der Waals surface area contributed by atoms with Gasteiger partial charge in [0.2, 0.25) is 0 Å². The Bertz CT molecular complexity index is 367. The Kier molecular flexibility index (Phi) is 2.78. The maximum Gasteiger partial charge on any atom is 0.0413 e. The van der Waals surface area contributed by atoms with Crippen molar-refractivity contribution in [3.8, 4) is 0 Å². The Morgan fingerprint density at radius 3 is 2.47 bits per heavy atom. The number of rotatable bonds is 2. The summed E-state index contributed by atoms with van der Waals surface area (Å²) in [6.45, 7) is 4.41. The van der Waals surface area contributed by atoms with E-state index in [0.717, 1.165) is 17.9 Å². The average molecular weight is 224 g/mol. The number of benzene rings is 1. The molecule has 0 amide bonds. The first-order valence-corrected chi connectivity index (χ1v) is 5.99. The van der Waals surface area contributed by atoms with Crippen molar-refractivity contribution in [1.29, 1.82) is 0 Å². The molecular formula is C13H18ClN. The Balaban J connectivity index is 2.47. The zero-order valence-electron chi connectivity index (χ0n) is 9.39. The summed E-state index contributed by atoms with van der Waals surface area (Å²) in [6, 6.07) is 6.13. The van der Waals surface area contributed by atoms with E-state index in [1.807, 2.05) is 6.07 Å². The second-order valence-electron chi connectivity index (χ2n) is 4.90. The molecule has 0 radical (unpaired) electrons. The van der Waals surface area contributed by atoms with E-state index < -0.39 is 0 Å². The fraction of sp³-hybridized carbons (Fsp3) is 0.538. The van der Waals surface area contributed by atoms with E-state index in [0.29, 0.717) is 5.92 Å². The Morgan fingerprint density at radius 1 is 1.33 bits per heavy atom. The normalized spacial score (nSPS) is 19.0. The van der Waals surface area contributed by atoms with Crippen LogP contribution in [0, 0.1) is 0 Å². The molecule has 0 unspecified atom stereocenters. The van der Waals surface area contributed by atoms with E-state index in [2.05, 4.69) is 26.0 Å². The molecule has 1 aliphatic rings. The second-order valence-corrected chi connectivity index (χ2v) is 5.33. The topological polar surface area (TPSA) is 26.0 Å². The van der Waals surface area contributed by atoms with Gasteiger partial charge >= 0.3 is 0 Å². The van der Waals surface area contributed by atoms with Crippen LogP contribution in [-0.2, 0) is 5.54 Å². The SMILES string of the molecule is CC(C)c1ccc(Cl)cc1C1(N)CCC1. The van der Waals surface area contributed by atoms with Gasteiger partial charge in [-0.25, -0.2) is 0 Å². The molecule has 1 saturated carbocycles. The summed E-state index contributed by atoms with van der Waals surface area (Å²) >= 11 is 6.05. The highest BCUT2D eigenvalue weighted by Crippen LogP contribution is 2.42. The third-order valence-electron chi connectivity index (χ3n) is 3.42. The highest BCUT2D eigenvalue weighted by atomic mass is 35.5. The van der Waals surface area contributed by atoms with Crippen molar-refractivity contribution in [2.75, 3.05) is 0 Å².